The van der Waals surface area contributed by atoms with Crippen LogP contribution in [0.2, 0.25) is 0 Å². The Labute approximate surface area is 133 Å². The van der Waals surface area contributed by atoms with Gasteiger partial charge in [-0.2, -0.15) is 0 Å². The maximum absolute atomic E-state index is 13.2. The van der Waals surface area contributed by atoms with Crippen LogP contribution in [0.1, 0.15) is 28.6 Å². The molecule has 22 heavy (non-hydrogen) atoms. The van der Waals surface area contributed by atoms with Gasteiger partial charge in [0.25, 0.3) is 0 Å². The van der Waals surface area contributed by atoms with Gasteiger partial charge in [0.2, 0.25) is 0 Å². The van der Waals surface area contributed by atoms with Crippen LogP contribution in [0.15, 0.2) is 29.6 Å². The van der Waals surface area contributed by atoms with E-state index >= 15 is 0 Å². The van der Waals surface area contributed by atoms with E-state index in [1.54, 1.807) is 35.4 Å². The van der Waals surface area contributed by atoms with E-state index in [0.29, 0.717) is 6.54 Å². The highest BCUT2D eigenvalue weighted by Gasteiger charge is 2.40. The van der Waals surface area contributed by atoms with E-state index in [0.717, 1.165) is 22.7 Å². The van der Waals surface area contributed by atoms with Gasteiger partial charge in [-0.1, -0.05) is 12.1 Å². The number of rotatable bonds is 4. The molecule has 2 aromatic rings. The number of urea groups is 1. The molecule has 4 nitrogen and oxygen atoms in total. The second kappa shape index (κ2) is 6.04. The molecular formula is C16H18FN3OS. The van der Waals surface area contributed by atoms with Crippen LogP contribution in [-0.4, -0.2) is 29.0 Å². The Hall–Kier alpha value is -1.95. The van der Waals surface area contributed by atoms with Crippen LogP contribution in [0.25, 0.3) is 0 Å². The summed E-state index contributed by atoms with van der Waals surface area (Å²) in [6, 6.07) is 6.56. The minimum Gasteiger partial charge on any atom is -0.335 e. The van der Waals surface area contributed by atoms with Crippen molar-refractivity contribution in [1.82, 2.24) is 15.2 Å². The molecule has 116 valence electrons. The van der Waals surface area contributed by atoms with Crippen molar-refractivity contribution in [3.05, 3.63) is 51.7 Å². The summed E-state index contributed by atoms with van der Waals surface area (Å²) < 4.78 is 13.2. The molecule has 1 aromatic heterocycles. The second-order valence-electron chi connectivity index (χ2n) is 5.67. The summed E-state index contributed by atoms with van der Waals surface area (Å²) in [6.45, 7) is 2.44. The minimum absolute atomic E-state index is 0.0916. The van der Waals surface area contributed by atoms with Crippen LogP contribution < -0.4 is 5.32 Å². The topological polar surface area (TPSA) is 45.2 Å². The number of aromatic nitrogens is 1. The van der Waals surface area contributed by atoms with Crippen LogP contribution in [0.3, 0.4) is 0 Å². The number of carbonyl (C=O) groups excluding carboxylic acids is 1. The van der Waals surface area contributed by atoms with Crippen LogP contribution >= 0.6 is 11.3 Å². The maximum Gasteiger partial charge on any atom is 0.317 e. The molecule has 2 amide bonds. The van der Waals surface area contributed by atoms with Crippen LogP contribution in [-0.2, 0) is 6.54 Å². The van der Waals surface area contributed by atoms with Crippen LogP contribution in [0.4, 0.5) is 9.18 Å². The minimum atomic E-state index is -0.231. The molecule has 2 unspecified atom stereocenters. The first-order chi connectivity index (χ1) is 10.5. The number of aryl methyl sites for hydroxylation is 1. The highest BCUT2D eigenvalue weighted by atomic mass is 32.1. The molecule has 0 bridgehead atoms. The molecule has 0 aliphatic heterocycles. The van der Waals surface area contributed by atoms with Crippen molar-refractivity contribution in [1.29, 1.82) is 0 Å². The van der Waals surface area contributed by atoms with E-state index in [-0.39, 0.29) is 23.8 Å². The zero-order chi connectivity index (χ0) is 15.7. The van der Waals surface area contributed by atoms with Crippen molar-refractivity contribution < 1.29 is 9.18 Å². The largest absolute Gasteiger partial charge is 0.335 e. The molecule has 0 saturated heterocycles. The molecule has 1 aromatic carbocycles. The van der Waals surface area contributed by atoms with Gasteiger partial charge in [0.05, 0.1) is 17.2 Å². The second-order valence-corrected chi connectivity index (χ2v) is 6.73. The van der Waals surface area contributed by atoms with E-state index in [1.807, 2.05) is 18.4 Å². The molecule has 2 atom stereocenters. The number of amides is 2. The number of hydrogen-bond acceptors (Lipinski definition) is 3. The summed E-state index contributed by atoms with van der Waals surface area (Å²) in [6.07, 6.45) is 0.860. The number of hydrogen-bond donors (Lipinski definition) is 1. The van der Waals surface area contributed by atoms with Crippen molar-refractivity contribution >= 4 is 17.4 Å². The first kappa shape index (κ1) is 15.0. The zero-order valence-corrected chi connectivity index (χ0v) is 13.4. The first-order valence-electron chi connectivity index (χ1n) is 7.21. The third kappa shape index (κ3) is 3.44. The van der Waals surface area contributed by atoms with Gasteiger partial charge in [0.1, 0.15) is 5.82 Å². The van der Waals surface area contributed by atoms with E-state index in [4.69, 9.17) is 0 Å². The van der Waals surface area contributed by atoms with Gasteiger partial charge in [0, 0.05) is 24.4 Å². The van der Waals surface area contributed by atoms with Crippen molar-refractivity contribution in [2.75, 3.05) is 7.05 Å². The number of carbonyl (C=O) groups is 1. The van der Waals surface area contributed by atoms with Gasteiger partial charge in [0.15, 0.2) is 0 Å². The number of benzene rings is 1. The van der Waals surface area contributed by atoms with E-state index in [1.165, 1.54) is 6.07 Å². The van der Waals surface area contributed by atoms with Crippen molar-refractivity contribution in [3.63, 3.8) is 0 Å². The van der Waals surface area contributed by atoms with Crippen molar-refractivity contribution in [2.24, 2.45) is 0 Å². The molecule has 0 spiro atoms. The zero-order valence-electron chi connectivity index (χ0n) is 12.5. The SMILES string of the molecule is Cc1nc(CN(C)C(=O)NC2CC2c2cccc(F)c2)cs1. The van der Waals surface area contributed by atoms with Gasteiger partial charge in [-0.25, -0.2) is 14.2 Å². The molecule has 1 aliphatic carbocycles. The third-order valence-corrected chi connectivity index (χ3v) is 4.61. The fourth-order valence-electron chi connectivity index (χ4n) is 2.52. The molecule has 6 heteroatoms. The summed E-state index contributed by atoms with van der Waals surface area (Å²) in [7, 11) is 1.75. The summed E-state index contributed by atoms with van der Waals surface area (Å²) in [5.74, 6) is -0.0138. The highest BCUT2D eigenvalue weighted by molar-refractivity contribution is 7.09. The average molecular weight is 319 g/mol. The normalized spacial score (nSPS) is 19.8. The summed E-state index contributed by atoms with van der Waals surface area (Å²) in [5, 5.41) is 5.95. The van der Waals surface area contributed by atoms with Crippen molar-refractivity contribution in [2.45, 2.75) is 31.8 Å². The van der Waals surface area contributed by atoms with Crippen molar-refractivity contribution in [3.8, 4) is 0 Å². The smallest absolute Gasteiger partial charge is 0.317 e. The molecule has 1 saturated carbocycles. The van der Waals surface area contributed by atoms with Gasteiger partial charge in [-0.05, 0) is 31.0 Å². The third-order valence-electron chi connectivity index (χ3n) is 3.79. The van der Waals surface area contributed by atoms with E-state index in [9.17, 15) is 9.18 Å². The fourth-order valence-corrected chi connectivity index (χ4v) is 3.13. The summed E-state index contributed by atoms with van der Waals surface area (Å²) >= 11 is 1.58. The number of nitrogens with one attached hydrogen (secondary N) is 1. The summed E-state index contributed by atoms with van der Waals surface area (Å²) in [5.41, 5.74) is 1.85. The van der Waals surface area contributed by atoms with Gasteiger partial charge >= 0.3 is 6.03 Å². The predicted octanol–water partition coefficient (Wildman–Crippen LogP) is 3.29. The first-order valence-corrected chi connectivity index (χ1v) is 8.09. The van der Waals surface area contributed by atoms with Gasteiger partial charge < -0.3 is 10.2 Å². The Kier molecular flexibility index (Phi) is 4.11. The Balaban J connectivity index is 1.52. The molecule has 1 aliphatic rings. The average Bonchev–Trinajstić information content (AvgIpc) is 3.12. The Morgan fingerprint density at radius 2 is 2.36 bits per heavy atom. The lowest BCUT2D eigenvalue weighted by Crippen LogP contribution is -2.38. The molecule has 1 N–H and O–H groups in total. The Bertz CT molecular complexity index is 688. The highest BCUT2D eigenvalue weighted by Crippen LogP contribution is 2.40. The summed E-state index contributed by atoms with van der Waals surface area (Å²) in [4.78, 5) is 18.1. The fraction of sp³-hybridized carbons (Fsp3) is 0.375. The van der Waals surface area contributed by atoms with Crippen LogP contribution in [0.5, 0.6) is 0 Å². The number of halogens is 1. The Morgan fingerprint density at radius 3 is 3.05 bits per heavy atom. The monoisotopic (exact) mass is 319 g/mol. The maximum atomic E-state index is 13.2. The van der Waals surface area contributed by atoms with Gasteiger partial charge in [-0.15, -0.1) is 11.3 Å². The molecule has 1 fully saturated rings. The molecular weight excluding hydrogens is 301 g/mol. The lowest BCUT2D eigenvalue weighted by atomic mass is 10.1. The molecule has 0 radical (unpaired) electrons. The Morgan fingerprint density at radius 1 is 1.55 bits per heavy atom. The quantitative estimate of drug-likeness (QED) is 0.940. The lowest BCUT2D eigenvalue weighted by molar-refractivity contribution is 0.205. The van der Waals surface area contributed by atoms with E-state index < -0.39 is 0 Å². The van der Waals surface area contributed by atoms with Crippen LogP contribution in [0, 0.1) is 12.7 Å². The standard InChI is InChI=1S/C16H18FN3OS/c1-10-18-13(9-22-10)8-20(2)16(21)19-15-7-14(15)11-4-3-5-12(17)6-11/h3-6,9,14-15H,7-8H2,1-2H3,(H,19,21). The van der Waals surface area contributed by atoms with Gasteiger partial charge in [-0.3, -0.25) is 0 Å². The molecule has 3 rings (SSSR count). The number of thiazole rings is 1. The predicted molar refractivity (Wildman–Crippen MR) is 84.4 cm³/mol. The lowest BCUT2D eigenvalue weighted by Gasteiger charge is -2.17. The number of nitrogens with zero attached hydrogens (tertiary/aromatic N) is 2. The van der Waals surface area contributed by atoms with E-state index in [2.05, 4.69) is 10.3 Å². The molecule has 1 heterocycles.